The van der Waals surface area contributed by atoms with E-state index in [0.717, 1.165) is 25.7 Å². The Balaban J connectivity index is 1.68. The molecule has 0 aromatic carbocycles. The topological polar surface area (TPSA) is 29.5 Å². The van der Waals surface area contributed by atoms with E-state index in [1.807, 2.05) is 11.8 Å². The summed E-state index contributed by atoms with van der Waals surface area (Å²) < 4.78 is 6.03. The summed E-state index contributed by atoms with van der Waals surface area (Å²) in [5, 5.41) is 9.37. The molecule has 0 amide bonds. The van der Waals surface area contributed by atoms with Gasteiger partial charge in [0.25, 0.3) is 0 Å². The molecule has 0 radical (unpaired) electrons. The van der Waals surface area contributed by atoms with Crippen LogP contribution in [0.2, 0.25) is 0 Å². The third-order valence-corrected chi connectivity index (χ3v) is 4.37. The maximum absolute atomic E-state index is 9.37. The zero-order valence-corrected chi connectivity index (χ0v) is 9.47. The van der Waals surface area contributed by atoms with Gasteiger partial charge in [-0.25, -0.2) is 0 Å². The highest BCUT2D eigenvalue weighted by molar-refractivity contribution is 7.99. The van der Waals surface area contributed by atoms with Gasteiger partial charge in [-0.1, -0.05) is 0 Å². The lowest BCUT2D eigenvalue weighted by Gasteiger charge is -2.30. The van der Waals surface area contributed by atoms with Gasteiger partial charge in [0.05, 0.1) is 12.2 Å². The van der Waals surface area contributed by atoms with Gasteiger partial charge >= 0.3 is 0 Å². The molecule has 0 aromatic rings. The first kappa shape index (κ1) is 10.8. The van der Waals surface area contributed by atoms with Crippen LogP contribution < -0.4 is 0 Å². The molecule has 1 saturated heterocycles. The molecule has 1 aliphatic carbocycles. The van der Waals surface area contributed by atoms with E-state index in [4.69, 9.17) is 4.74 Å². The van der Waals surface area contributed by atoms with Gasteiger partial charge in [-0.15, -0.1) is 11.8 Å². The lowest BCUT2D eigenvalue weighted by molar-refractivity contribution is -0.0185. The van der Waals surface area contributed by atoms with E-state index in [9.17, 15) is 5.11 Å². The maximum atomic E-state index is 9.37. The Kier molecular flexibility index (Phi) is 4.14. The summed E-state index contributed by atoms with van der Waals surface area (Å²) in [6.45, 7) is 0. The average Bonchev–Trinajstić information content (AvgIpc) is 2.23. The van der Waals surface area contributed by atoms with Gasteiger partial charge in [0, 0.05) is 0 Å². The Morgan fingerprint density at radius 2 is 1.79 bits per heavy atom. The molecule has 2 nitrogen and oxygen atoms in total. The molecule has 1 N–H and O–H groups in total. The molecule has 2 rings (SSSR count). The Hall–Kier alpha value is 0.270. The van der Waals surface area contributed by atoms with Crippen molar-refractivity contribution in [1.29, 1.82) is 0 Å². The van der Waals surface area contributed by atoms with Gasteiger partial charge in [0.15, 0.2) is 0 Å². The lowest BCUT2D eigenvalue weighted by Crippen LogP contribution is -2.28. The molecular formula is C11H20O2S. The molecule has 2 aliphatic rings. The predicted octanol–water partition coefficient (Wildman–Crippen LogP) is 2.55. The Morgan fingerprint density at radius 1 is 1.00 bits per heavy atom. The van der Waals surface area contributed by atoms with E-state index in [0.29, 0.717) is 11.5 Å². The Morgan fingerprint density at radius 3 is 2.43 bits per heavy atom. The van der Waals surface area contributed by atoms with E-state index < -0.39 is 0 Å². The van der Waals surface area contributed by atoms with Crippen LogP contribution in [-0.4, -0.2) is 28.5 Å². The van der Waals surface area contributed by atoms with Gasteiger partial charge in [0.2, 0.25) is 0 Å². The largest absolute Gasteiger partial charge is 0.393 e. The second kappa shape index (κ2) is 5.38. The fraction of sp³-hybridized carbons (Fsp3) is 1.00. The van der Waals surface area contributed by atoms with Gasteiger partial charge in [0.1, 0.15) is 5.44 Å². The van der Waals surface area contributed by atoms with Crippen LogP contribution in [-0.2, 0) is 4.74 Å². The summed E-state index contributed by atoms with van der Waals surface area (Å²) in [6, 6.07) is 0. The van der Waals surface area contributed by atoms with Crippen LogP contribution in [0.25, 0.3) is 0 Å². The van der Waals surface area contributed by atoms with Crippen molar-refractivity contribution in [2.75, 3.05) is 5.75 Å². The minimum Gasteiger partial charge on any atom is -0.393 e. The van der Waals surface area contributed by atoms with Gasteiger partial charge in [-0.05, 0) is 50.7 Å². The summed E-state index contributed by atoms with van der Waals surface area (Å²) in [6.07, 6.45) is 8.24. The third-order valence-electron chi connectivity index (χ3n) is 3.13. The maximum Gasteiger partial charge on any atom is 0.103 e. The van der Waals surface area contributed by atoms with Crippen molar-refractivity contribution in [3.63, 3.8) is 0 Å². The van der Waals surface area contributed by atoms with Crippen molar-refractivity contribution in [2.45, 2.75) is 62.6 Å². The SMILES string of the molecule is OC1CCC(OC2CCCCS2)CC1. The van der Waals surface area contributed by atoms with Crippen LogP contribution in [0, 0.1) is 0 Å². The van der Waals surface area contributed by atoms with Crippen molar-refractivity contribution in [3.8, 4) is 0 Å². The van der Waals surface area contributed by atoms with Gasteiger partial charge in [-0.3, -0.25) is 0 Å². The first-order chi connectivity index (χ1) is 6.84. The fourth-order valence-electron chi connectivity index (χ4n) is 2.21. The summed E-state index contributed by atoms with van der Waals surface area (Å²) >= 11 is 1.97. The first-order valence-corrected chi connectivity index (χ1v) is 6.84. The van der Waals surface area contributed by atoms with E-state index >= 15 is 0 Å². The second-order valence-corrected chi connectivity index (χ2v) is 5.63. The van der Waals surface area contributed by atoms with Gasteiger partial charge < -0.3 is 9.84 Å². The zero-order valence-electron chi connectivity index (χ0n) is 8.65. The quantitative estimate of drug-likeness (QED) is 0.769. The number of hydrogen-bond acceptors (Lipinski definition) is 3. The van der Waals surface area contributed by atoms with Gasteiger partial charge in [-0.2, -0.15) is 0 Å². The van der Waals surface area contributed by atoms with E-state index in [2.05, 4.69) is 0 Å². The normalized spacial score (nSPS) is 39.6. The van der Waals surface area contributed by atoms with Crippen LogP contribution in [0.15, 0.2) is 0 Å². The smallest absolute Gasteiger partial charge is 0.103 e. The molecular weight excluding hydrogens is 196 g/mol. The van der Waals surface area contributed by atoms with Crippen LogP contribution in [0.4, 0.5) is 0 Å². The fourth-order valence-corrected chi connectivity index (χ4v) is 3.42. The highest BCUT2D eigenvalue weighted by Gasteiger charge is 2.24. The molecule has 0 aromatic heterocycles. The van der Waals surface area contributed by atoms with Crippen molar-refractivity contribution < 1.29 is 9.84 Å². The summed E-state index contributed by atoms with van der Waals surface area (Å²) in [5.74, 6) is 1.26. The third kappa shape index (κ3) is 3.14. The Labute approximate surface area is 90.4 Å². The summed E-state index contributed by atoms with van der Waals surface area (Å²) in [7, 11) is 0. The Bertz CT molecular complexity index is 161. The average molecular weight is 216 g/mol. The lowest BCUT2D eigenvalue weighted by atomic mass is 9.95. The van der Waals surface area contributed by atoms with Crippen LogP contribution >= 0.6 is 11.8 Å². The number of ether oxygens (including phenoxy) is 1. The first-order valence-electron chi connectivity index (χ1n) is 5.80. The predicted molar refractivity (Wildman–Crippen MR) is 59.4 cm³/mol. The highest BCUT2D eigenvalue weighted by Crippen LogP contribution is 2.30. The molecule has 1 saturated carbocycles. The molecule has 0 bridgehead atoms. The molecule has 14 heavy (non-hydrogen) atoms. The van der Waals surface area contributed by atoms with E-state index in [1.165, 1.54) is 25.0 Å². The van der Waals surface area contributed by atoms with Crippen LogP contribution in [0.1, 0.15) is 44.9 Å². The molecule has 2 fully saturated rings. The van der Waals surface area contributed by atoms with E-state index in [1.54, 1.807) is 0 Å². The molecule has 1 heterocycles. The molecule has 1 aliphatic heterocycles. The number of aliphatic hydroxyl groups is 1. The van der Waals surface area contributed by atoms with Crippen LogP contribution in [0.5, 0.6) is 0 Å². The van der Waals surface area contributed by atoms with Crippen molar-refractivity contribution in [1.82, 2.24) is 0 Å². The number of rotatable bonds is 2. The minimum absolute atomic E-state index is 0.0612. The second-order valence-electron chi connectivity index (χ2n) is 4.36. The molecule has 3 heteroatoms. The standard InChI is InChI=1S/C11H20O2S/c12-9-4-6-10(7-5-9)13-11-3-1-2-8-14-11/h9-12H,1-8H2. The highest BCUT2D eigenvalue weighted by atomic mass is 32.2. The van der Waals surface area contributed by atoms with Crippen molar-refractivity contribution in [2.24, 2.45) is 0 Å². The molecule has 1 atom stereocenters. The summed E-state index contributed by atoms with van der Waals surface area (Å²) in [4.78, 5) is 0. The monoisotopic (exact) mass is 216 g/mol. The minimum atomic E-state index is -0.0612. The number of thioether (sulfide) groups is 1. The molecule has 1 unspecified atom stereocenters. The zero-order chi connectivity index (χ0) is 9.80. The van der Waals surface area contributed by atoms with E-state index in [-0.39, 0.29) is 6.10 Å². The molecule has 0 spiro atoms. The number of aliphatic hydroxyl groups excluding tert-OH is 1. The number of hydrogen-bond donors (Lipinski definition) is 1. The molecule has 82 valence electrons. The summed E-state index contributed by atoms with van der Waals surface area (Å²) in [5.41, 5.74) is 0.448. The van der Waals surface area contributed by atoms with Crippen molar-refractivity contribution in [3.05, 3.63) is 0 Å². The van der Waals surface area contributed by atoms with Crippen LogP contribution in [0.3, 0.4) is 0 Å². The van der Waals surface area contributed by atoms with Crippen molar-refractivity contribution >= 4 is 11.8 Å².